The van der Waals surface area contributed by atoms with Gasteiger partial charge in [0.05, 0.1) is 12.0 Å². The Morgan fingerprint density at radius 3 is 2.74 bits per heavy atom. The van der Waals surface area contributed by atoms with Crippen LogP contribution in [0, 0.1) is 5.92 Å². The van der Waals surface area contributed by atoms with Gasteiger partial charge >= 0.3 is 12.0 Å². The molecule has 3 N–H and O–H groups in total. The van der Waals surface area contributed by atoms with Crippen LogP contribution in [0.2, 0.25) is 0 Å². The van der Waals surface area contributed by atoms with Crippen LogP contribution in [0.5, 0.6) is 0 Å². The number of amides is 2. The highest BCUT2D eigenvalue weighted by Crippen LogP contribution is 2.34. The summed E-state index contributed by atoms with van der Waals surface area (Å²) in [7, 11) is 0. The highest BCUT2D eigenvalue weighted by molar-refractivity contribution is 5.76. The lowest BCUT2D eigenvalue weighted by Crippen LogP contribution is -2.48. The molecule has 0 radical (unpaired) electrons. The van der Waals surface area contributed by atoms with Crippen molar-refractivity contribution in [2.24, 2.45) is 5.92 Å². The first kappa shape index (κ1) is 14.1. The van der Waals surface area contributed by atoms with Gasteiger partial charge < -0.3 is 20.5 Å². The molecule has 1 saturated heterocycles. The van der Waals surface area contributed by atoms with Gasteiger partial charge in [0.2, 0.25) is 0 Å². The summed E-state index contributed by atoms with van der Waals surface area (Å²) in [6, 6.07) is -0.551. The fourth-order valence-corrected chi connectivity index (χ4v) is 2.49. The number of aliphatic carboxylic acids is 1. The molecule has 2 rings (SSSR count). The lowest BCUT2D eigenvalue weighted by molar-refractivity contribution is -0.137. The van der Waals surface area contributed by atoms with Crippen LogP contribution in [0.25, 0.3) is 0 Å². The zero-order chi connectivity index (χ0) is 13.9. The predicted molar refractivity (Wildman–Crippen MR) is 68.9 cm³/mol. The molecule has 2 fully saturated rings. The monoisotopic (exact) mass is 270 g/mol. The summed E-state index contributed by atoms with van der Waals surface area (Å²) in [6.07, 6.45) is 3.95. The summed E-state index contributed by atoms with van der Waals surface area (Å²) in [5.41, 5.74) is -0.279. The first-order valence-corrected chi connectivity index (χ1v) is 6.89. The van der Waals surface area contributed by atoms with Gasteiger partial charge in [-0.3, -0.25) is 4.79 Å². The van der Waals surface area contributed by atoms with Gasteiger partial charge in [-0.1, -0.05) is 0 Å². The molecule has 6 nitrogen and oxygen atoms in total. The van der Waals surface area contributed by atoms with Crippen LogP contribution < -0.4 is 10.6 Å². The molecule has 6 heteroatoms. The minimum Gasteiger partial charge on any atom is -0.481 e. The van der Waals surface area contributed by atoms with Crippen molar-refractivity contribution >= 4 is 12.0 Å². The number of hydrogen-bond donors (Lipinski definition) is 3. The number of ether oxygens (including phenoxy) is 1. The maximum atomic E-state index is 11.8. The average molecular weight is 270 g/mol. The predicted octanol–water partition coefficient (Wildman–Crippen LogP) is 1.11. The highest BCUT2D eigenvalue weighted by atomic mass is 16.5. The van der Waals surface area contributed by atoms with Crippen LogP contribution in [0.15, 0.2) is 0 Å². The van der Waals surface area contributed by atoms with E-state index in [0.717, 1.165) is 32.3 Å². The summed E-state index contributed by atoms with van der Waals surface area (Å²) in [4.78, 5) is 22.5. The minimum atomic E-state index is -0.872. The number of carbonyl (C=O) groups excluding carboxylic acids is 1. The summed E-state index contributed by atoms with van der Waals surface area (Å²) in [5.74, 6) is -0.552. The third-order valence-corrected chi connectivity index (χ3v) is 3.83. The van der Waals surface area contributed by atoms with E-state index in [0.29, 0.717) is 12.5 Å². The Bertz CT molecular complexity index is 349. The van der Waals surface area contributed by atoms with E-state index in [1.807, 2.05) is 6.92 Å². The van der Waals surface area contributed by atoms with Gasteiger partial charge in [0.15, 0.2) is 0 Å². The number of nitrogens with one attached hydrogen (secondary N) is 2. The van der Waals surface area contributed by atoms with E-state index in [-0.39, 0.29) is 24.1 Å². The van der Waals surface area contributed by atoms with Gasteiger partial charge in [-0.05, 0) is 38.5 Å². The summed E-state index contributed by atoms with van der Waals surface area (Å²) < 4.78 is 5.58. The van der Waals surface area contributed by atoms with Gasteiger partial charge in [-0.2, -0.15) is 0 Å². The zero-order valence-electron chi connectivity index (χ0n) is 11.3. The molecule has 2 unspecified atom stereocenters. The van der Waals surface area contributed by atoms with Crippen LogP contribution in [-0.4, -0.2) is 41.9 Å². The highest BCUT2D eigenvalue weighted by Gasteiger charge is 2.34. The van der Waals surface area contributed by atoms with Crippen LogP contribution in [-0.2, 0) is 9.53 Å². The van der Waals surface area contributed by atoms with Crippen LogP contribution in [0.3, 0.4) is 0 Å². The molecule has 0 bridgehead atoms. The second-order valence-electron chi connectivity index (χ2n) is 5.77. The Morgan fingerprint density at radius 1 is 1.47 bits per heavy atom. The molecule has 0 aromatic heterocycles. The van der Waals surface area contributed by atoms with Crippen LogP contribution in [0.1, 0.15) is 39.0 Å². The number of hydrogen-bond acceptors (Lipinski definition) is 3. The number of carboxylic acids is 1. The third-order valence-electron chi connectivity index (χ3n) is 3.83. The standard InChI is InChI=1S/C13H22N2O4/c1-13(5-2-6-19-13)8-14-12(18)15-10(7-11(16)17)9-3-4-9/h9-10H,2-8H2,1H3,(H,16,17)(H2,14,15,18). The van der Waals surface area contributed by atoms with E-state index in [2.05, 4.69) is 10.6 Å². The van der Waals surface area contributed by atoms with Crippen molar-refractivity contribution in [1.29, 1.82) is 0 Å². The first-order valence-electron chi connectivity index (χ1n) is 6.89. The fraction of sp³-hybridized carbons (Fsp3) is 0.846. The van der Waals surface area contributed by atoms with Crippen LogP contribution in [0.4, 0.5) is 4.79 Å². The van der Waals surface area contributed by atoms with E-state index in [1.54, 1.807) is 0 Å². The number of rotatable bonds is 6. The fourth-order valence-electron chi connectivity index (χ4n) is 2.49. The second kappa shape index (κ2) is 5.77. The topological polar surface area (TPSA) is 87.7 Å². The lowest BCUT2D eigenvalue weighted by atomic mass is 10.0. The molecule has 2 atom stereocenters. The lowest BCUT2D eigenvalue weighted by Gasteiger charge is -2.24. The molecule has 1 saturated carbocycles. The molecule has 19 heavy (non-hydrogen) atoms. The first-order chi connectivity index (χ1) is 8.98. The second-order valence-corrected chi connectivity index (χ2v) is 5.77. The molecule has 1 heterocycles. The SMILES string of the molecule is CC1(CNC(=O)NC(CC(=O)O)C2CC2)CCCO1. The molecule has 1 aliphatic heterocycles. The van der Waals surface area contributed by atoms with Crippen molar-refractivity contribution in [2.75, 3.05) is 13.2 Å². The average Bonchev–Trinajstić information content (AvgIpc) is 3.09. The molecule has 1 aliphatic carbocycles. The molecular formula is C13H22N2O4. The maximum Gasteiger partial charge on any atom is 0.315 e. The number of urea groups is 1. The number of carbonyl (C=O) groups is 2. The van der Waals surface area contributed by atoms with Crippen molar-refractivity contribution in [2.45, 2.75) is 50.7 Å². The van der Waals surface area contributed by atoms with Crippen molar-refractivity contribution in [3.05, 3.63) is 0 Å². The summed E-state index contributed by atoms with van der Waals surface area (Å²) in [6.45, 7) is 3.18. The Morgan fingerprint density at radius 2 is 2.21 bits per heavy atom. The molecule has 0 aromatic rings. The van der Waals surface area contributed by atoms with E-state index >= 15 is 0 Å². The van der Waals surface area contributed by atoms with Gasteiger partial charge in [-0.25, -0.2) is 4.79 Å². The molecule has 2 amide bonds. The van der Waals surface area contributed by atoms with E-state index < -0.39 is 5.97 Å². The Hall–Kier alpha value is -1.30. The maximum absolute atomic E-state index is 11.8. The van der Waals surface area contributed by atoms with Gasteiger partial charge in [0.1, 0.15) is 0 Å². The van der Waals surface area contributed by atoms with Crippen molar-refractivity contribution in [3.8, 4) is 0 Å². The molecule has 2 aliphatic rings. The number of carboxylic acid groups (broad SMARTS) is 1. The Labute approximate surface area is 112 Å². The summed E-state index contributed by atoms with van der Waals surface area (Å²) in [5, 5.41) is 14.4. The third kappa shape index (κ3) is 4.38. The molecular weight excluding hydrogens is 248 g/mol. The van der Waals surface area contributed by atoms with Gasteiger partial charge in [0.25, 0.3) is 0 Å². The van der Waals surface area contributed by atoms with E-state index in [1.165, 1.54) is 0 Å². The quantitative estimate of drug-likeness (QED) is 0.674. The van der Waals surface area contributed by atoms with Crippen molar-refractivity contribution in [1.82, 2.24) is 10.6 Å². The molecule has 0 aromatic carbocycles. The Kier molecular flexibility index (Phi) is 4.29. The molecule has 0 spiro atoms. The van der Waals surface area contributed by atoms with Gasteiger partial charge in [0, 0.05) is 19.2 Å². The summed E-state index contributed by atoms with van der Waals surface area (Å²) >= 11 is 0. The Balaban J connectivity index is 1.74. The van der Waals surface area contributed by atoms with Crippen molar-refractivity contribution < 1.29 is 19.4 Å². The largest absolute Gasteiger partial charge is 0.481 e. The minimum absolute atomic E-state index is 0.00808. The van der Waals surface area contributed by atoms with E-state index in [4.69, 9.17) is 9.84 Å². The van der Waals surface area contributed by atoms with Crippen LogP contribution >= 0.6 is 0 Å². The van der Waals surface area contributed by atoms with E-state index in [9.17, 15) is 9.59 Å². The van der Waals surface area contributed by atoms with Gasteiger partial charge in [-0.15, -0.1) is 0 Å². The smallest absolute Gasteiger partial charge is 0.315 e. The normalized spacial score (nSPS) is 27.8. The molecule has 108 valence electrons. The zero-order valence-corrected chi connectivity index (χ0v) is 11.3. The van der Waals surface area contributed by atoms with Crippen molar-refractivity contribution in [3.63, 3.8) is 0 Å².